The summed E-state index contributed by atoms with van der Waals surface area (Å²) in [7, 11) is 1.40. The molecule has 4 rings (SSSR count). The van der Waals surface area contributed by atoms with E-state index in [-0.39, 0.29) is 12.6 Å². The van der Waals surface area contributed by atoms with Crippen LogP contribution in [0.25, 0.3) is 0 Å². The molecule has 1 aliphatic rings. The van der Waals surface area contributed by atoms with Crippen LogP contribution < -0.4 is 5.06 Å². The monoisotopic (exact) mass is 471 g/mol. The second-order valence-corrected chi connectivity index (χ2v) is 8.44. The minimum absolute atomic E-state index is 0.231. The molecule has 0 N–H and O–H groups in total. The quantitative estimate of drug-likeness (QED) is 0.354. The van der Waals surface area contributed by atoms with E-state index < -0.39 is 17.4 Å². The molecule has 0 aliphatic carbocycles. The number of hydrogen-bond acceptors (Lipinski definition) is 6. The zero-order valence-corrected chi connectivity index (χ0v) is 20.0. The van der Waals surface area contributed by atoms with Crippen LogP contribution in [-0.4, -0.2) is 32.3 Å². The molecule has 1 heterocycles. The average Bonchev–Trinajstić information content (AvgIpc) is 3.06. The van der Waals surface area contributed by atoms with Crippen LogP contribution in [0.5, 0.6) is 0 Å². The van der Waals surface area contributed by atoms with E-state index in [1.807, 2.05) is 60.7 Å². The smallest absolute Gasteiger partial charge is 0.338 e. The number of hydroxylamine groups is 1. The Morgan fingerprint density at radius 2 is 1.63 bits per heavy atom. The van der Waals surface area contributed by atoms with Gasteiger partial charge in [-0.2, -0.15) is 0 Å². The van der Waals surface area contributed by atoms with Crippen LogP contribution in [0.3, 0.4) is 0 Å². The molecule has 180 valence electrons. The van der Waals surface area contributed by atoms with Gasteiger partial charge in [0, 0.05) is 0 Å². The van der Waals surface area contributed by atoms with Crippen molar-refractivity contribution in [2.45, 2.75) is 24.8 Å². The Bertz CT molecular complexity index is 1180. The van der Waals surface area contributed by atoms with Gasteiger partial charge in [0.05, 0.1) is 31.6 Å². The van der Waals surface area contributed by atoms with Gasteiger partial charge in [-0.1, -0.05) is 67.2 Å². The van der Waals surface area contributed by atoms with Crippen LogP contribution >= 0.6 is 0 Å². The standard InChI is InChI=1S/C29H29NO5/c1-4-34-27(31)23-15-17-25(18-16-23)30-26(22-11-7-5-8-12-22)29(28(32)33-3,19-21(2)20-35-30)24-13-9-6-10-14-24/h5-18,26H,2,4,19-20H2,1,3H3/t26-,29+/m0/s1. The van der Waals surface area contributed by atoms with Gasteiger partial charge in [-0.3, -0.25) is 9.63 Å². The zero-order valence-electron chi connectivity index (χ0n) is 20.0. The Balaban J connectivity index is 1.93. The molecule has 35 heavy (non-hydrogen) atoms. The van der Waals surface area contributed by atoms with Crippen molar-refractivity contribution >= 4 is 17.6 Å². The van der Waals surface area contributed by atoms with E-state index in [4.69, 9.17) is 14.3 Å². The SMILES string of the molecule is C=C1CON(c2ccc(C(=O)OCC)cc2)[C@@H](c2ccccc2)[C@](C(=O)OC)(c2ccccc2)C1. The number of ether oxygens (including phenoxy) is 2. The van der Waals surface area contributed by atoms with Crippen LogP contribution in [0.15, 0.2) is 97.1 Å². The summed E-state index contributed by atoms with van der Waals surface area (Å²) in [6.45, 7) is 6.50. The van der Waals surface area contributed by atoms with Crippen LogP contribution in [0, 0.1) is 0 Å². The van der Waals surface area contributed by atoms with E-state index in [9.17, 15) is 9.59 Å². The molecule has 0 radical (unpaired) electrons. The zero-order chi connectivity index (χ0) is 24.8. The molecule has 6 nitrogen and oxygen atoms in total. The number of methoxy groups -OCH3 is 1. The molecule has 3 aromatic rings. The molecule has 0 bridgehead atoms. The second kappa shape index (κ2) is 10.6. The largest absolute Gasteiger partial charge is 0.468 e. The number of nitrogens with zero attached hydrogens (tertiary/aromatic N) is 1. The fraction of sp³-hybridized carbons (Fsp3) is 0.241. The molecule has 1 aliphatic heterocycles. The van der Waals surface area contributed by atoms with Gasteiger partial charge in [-0.25, -0.2) is 9.86 Å². The van der Waals surface area contributed by atoms with Gasteiger partial charge in [0.25, 0.3) is 0 Å². The van der Waals surface area contributed by atoms with Crippen LogP contribution in [0.1, 0.15) is 40.9 Å². The number of rotatable bonds is 6. The molecular weight excluding hydrogens is 442 g/mol. The van der Waals surface area contributed by atoms with E-state index in [1.165, 1.54) is 7.11 Å². The number of esters is 2. The first kappa shape index (κ1) is 24.2. The lowest BCUT2D eigenvalue weighted by molar-refractivity contribution is -0.149. The highest BCUT2D eigenvalue weighted by Crippen LogP contribution is 2.50. The molecule has 1 fully saturated rings. The van der Waals surface area contributed by atoms with Gasteiger partial charge in [0.2, 0.25) is 0 Å². The Kier molecular flexibility index (Phi) is 7.32. The maximum atomic E-state index is 13.8. The number of carbonyl (C=O) groups is 2. The first-order valence-electron chi connectivity index (χ1n) is 11.6. The van der Waals surface area contributed by atoms with Crippen LogP contribution in [0.2, 0.25) is 0 Å². The van der Waals surface area contributed by atoms with Crippen molar-refractivity contribution in [1.82, 2.24) is 0 Å². The molecule has 0 spiro atoms. The number of hydrogen-bond donors (Lipinski definition) is 0. The van der Waals surface area contributed by atoms with Gasteiger partial charge in [0.1, 0.15) is 11.5 Å². The first-order valence-corrected chi connectivity index (χ1v) is 11.6. The normalized spacial score (nSPS) is 20.1. The fourth-order valence-corrected chi connectivity index (χ4v) is 4.69. The van der Waals surface area contributed by atoms with Crippen molar-refractivity contribution in [3.63, 3.8) is 0 Å². The number of anilines is 1. The predicted octanol–water partition coefficient (Wildman–Crippen LogP) is 5.41. The van der Waals surface area contributed by atoms with Gasteiger partial charge in [-0.15, -0.1) is 0 Å². The van der Waals surface area contributed by atoms with Crippen molar-refractivity contribution in [1.29, 1.82) is 0 Å². The van der Waals surface area contributed by atoms with E-state index in [0.717, 1.165) is 16.7 Å². The highest BCUT2D eigenvalue weighted by atomic mass is 16.7. The summed E-state index contributed by atoms with van der Waals surface area (Å²) in [6, 6.07) is 25.8. The van der Waals surface area contributed by atoms with Crippen molar-refractivity contribution in [2.75, 3.05) is 25.4 Å². The first-order chi connectivity index (χ1) is 17.0. The lowest BCUT2D eigenvalue weighted by Crippen LogP contribution is -2.49. The maximum Gasteiger partial charge on any atom is 0.338 e. The highest BCUT2D eigenvalue weighted by Gasteiger charge is 2.54. The lowest BCUT2D eigenvalue weighted by Gasteiger charge is -2.42. The summed E-state index contributed by atoms with van der Waals surface area (Å²) in [4.78, 5) is 32.2. The van der Waals surface area contributed by atoms with Crippen LogP contribution in [-0.2, 0) is 24.5 Å². The molecule has 1 saturated heterocycles. The molecule has 0 amide bonds. The molecule has 6 heteroatoms. The molecule has 0 unspecified atom stereocenters. The Morgan fingerprint density at radius 1 is 1.00 bits per heavy atom. The van der Waals surface area contributed by atoms with Crippen molar-refractivity contribution in [3.05, 3.63) is 114 Å². The summed E-state index contributed by atoms with van der Waals surface area (Å²) in [6.07, 6.45) is 0.348. The summed E-state index contributed by atoms with van der Waals surface area (Å²) in [5.74, 6) is -0.769. The molecule has 0 aromatic heterocycles. The summed E-state index contributed by atoms with van der Waals surface area (Å²) >= 11 is 0. The molecule has 2 atom stereocenters. The number of carbonyl (C=O) groups excluding carboxylic acids is 2. The summed E-state index contributed by atoms with van der Waals surface area (Å²) in [5.41, 5.74) is 2.45. The predicted molar refractivity (Wildman–Crippen MR) is 134 cm³/mol. The van der Waals surface area contributed by atoms with E-state index in [1.54, 1.807) is 36.3 Å². The van der Waals surface area contributed by atoms with E-state index in [0.29, 0.717) is 24.3 Å². The number of benzene rings is 3. The maximum absolute atomic E-state index is 13.8. The van der Waals surface area contributed by atoms with Gasteiger partial charge < -0.3 is 9.47 Å². The summed E-state index contributed by atoms with van der Waals surface area (Å²) < 4.78 is 10.6. The topological polar surface area (TPSA) is 65.1 Å². The van der Waals surface area contributed by atoms with Gasteiger partial charge >= 0.3 is 11.9 Å². The fourth-order valence-electron chi connectivity index (χ4n) is 4.69. The Morgan fingerprint density at radius 3 is 2.23 bits per heavy atom. The molecular formula is C29H29NO5. The Labute approximate surface area is 205 Å². The van der Waals surface area contributed by atoms with Crippen molar-refractivity contribution < 1.29 is 23.9 Å². The highest BCUT2D eigenvalue weighted by molar-refractivity contribution is 5.90. The molecule has 0 saturated carbocycles. The third-order valence-corrected chi connectivity index (χ3v) is 6.22. The van der Waals surface area contributed by atoms with Crippen molar-refractivity contribution in [3.8, 4) is 0 Å². The van der Waals surface area contributed by atoms with Gasteiger partial charge in [-0.05, 0) is 54.3 Å². The third kappa shape index (κ3) is 4.70. The van der Waals surface area contributed by atoms with Crippen molar-refractivity contribution in [2.24, 2.45) is 0 Å². The average molecular weight is 472 g/mol. The Hall–Kier alpha value is -3.90. The minimum atomic E-state index is -1.13. The van der Waals surface area contributed by atoms with Crippen LogP contribution in [0.4, 0.5) is 5.69 Å². The van der Waals surface area contributed by atoms with E-state index >= 15 is 0 Å². The van der Waals surface area contributed by atoms with Gasteiger partial charge in [0.15, 0.2) is 0 Å². The van der Waals surface area contributed by atoms with E-state index in [2.05, 4.69) is 6.58 Å². The molecule has 3 aromatic carbocycles. The minimum Gasteiger partial charge on any atom is -0.468 e. The third-order valence-electron chi connectivity index (χ3n) is 6.22. The second-order valence-electron chi connectivity index (χ2n) is 8.44. The summed E-state index contributed by atoms with van der Waals surface area (Å²) in [5, 5.41) is 1.74. The lowest BCUT2D eigenvalue weighted by atomic mass is 9.68.